The lowest BCUT2D eigenvalue weighted by Crippen LogP contribution is -2.47. The third-order valence-corrected chi connectivity index (χ3v) is 7.07. The average molecular weight is 387 g/mol. The second-order valence-corrected chi connectivity index (χ2v) is 9.26. The molecule has 0 aromatic carbocycles. The van der Waals surface area contributed by atoms with Gasteiger partial charge in [0, 0.05) is 55.0 Å². The van der Waals surface area contributed by atoms with Gasteiger partial charge in [-0.15, -0.1) is 11.3 Å². The molecule has 27 heavy (non-hydrogen) atoms. The van der Waals surface area contributed by atoms with E-state index < -0.39 is 0 Å². The maximum Gasteiger partial charge on any atom is 0.0736 e. The third kappa shape index (κ3) is 4.77. The Morgan fingerprint density at radius 2 is 2.19 bits per heavy atom. The summed E-state index contributed by atoms with van der Waals surface area (Å²) in [6.45, 7) is 7.94. The highest BCUT2D eigenvalue weighted by Gasteiger charge is 2.45. The van der Waals surface area contributed by atoms with Gasteiger partial charge in [-0.05, 0) is 62.3 Å². The quantitative estimate of drug-likeness (QED) is 0.660. The highest BCUT2D eigenvalue weighted by molar-refractivity contribution is 7.11. The van der Waals surface area contributed by atoms with Gasteiger partial charge in [0.15, 0.2) is 0 Å². The van der Waals surface area contributed by atoms with Gasteiger partial charge in [-0.2, -0.15) is 0 Å². The Hall–Kier alpha value is -1.27. The van der Waals surface area contributed by atoms with E-state index in [0.717, 1.165) is 57.7 Å². The van der Waals surface area contributed by atoms with Gasteiger partial charge >= 0.3 is 0 Å². The lowest BCUT2D eigenvalue weighted by Gasteiger charge is -2.42. The monoisotopic (exact) mass is 386 g/mol. The molecule has 2 aromatic rings. The number of likely N-dealkylation sites (tertiary alicyclic amines) is 1. The first-order chi connectivity index (χ1) is 13.2. The van der Waals surface area contributed by atoms with E-state index in [4.69, 9.17) is 9.47 Å². The molecular formula is C22H30N2O2S. The number of nitrogens with zero attached hydrogens (tertiary/aromatic N) is 2. The minimum absolute atomic E-state index is 0.0968. The standard InChI is InChI=1S/C22H30N2O2S/c1-18-4-5-21(27-18)16-24-11-8-22(9-12-24)20(7-14-26-22)6-13-25-17-19-3-2-10-23-15-19/h2-5,10,15,20H,6-9,11-14,16-17H2,1H3/t20-/m1/s1. The number of ether oxygens (including phenoxy) is 2. The molecule has 0 amide bonds. The largest absolute Gasteiger partial charge is 0.377 e. The minimum atomic E-state index is 0.0968. The van der Waals surface area contributed by atoms with Crippen molar-refractivity contribution in [2.45, 2.75) is 51.4 Å². The molecule has 0 radical (unpaired) electrons. The van der Waals surface area contributed by atoms with Crippen LogP contribution in [0.25, 0.3) is 0 Å². The molecule has 4 nitrogen and oxygen atoms in total. The van der Waals surface area contributed by atoms with Crippen molar-refractivity contribution in [1.82, 2.24) is 9.88 Å². The van der Waals surface area contributed by atoms with Gasteiger partial charge in [-0.1, -0.05) is 6.07 Å². The van der Waals surface area contributed by atoms with Gasteiger partial charge in [0.05, 0.1) is 12.2 Å². The first-order valence-corrected chi connectivity index (χ1v) is 10.9. The van der Waals surface area contributed by atoms with Crippen molar-refractivity contribution in [3.05, 3.63) is 52.0 Å². The SMILES string of the molecule is Cc1ccc(CN2CCC3(CC2)OCC[C@H]3CCOCc2cccnc2)s1. The summed E-state index contributed by atoms with van der Waals surface area (Å²) in [6, 6.07) is 8.54. The summed E-state index contributed by atoms with van der Waals surface area (Å²) in [5.74, 6) is 0.637. The van der Waals surface area contributed by atoms with E-state index in [2.05, 4.69) is 35.0 Å². The average Bonchev–Trinajstić information content (AvgIpc) is 3.28. The fourth-order valence-electron chi connectivity index (χ4n) is 4.52. The Morgan fingerprint density at radius 1 is 1.30 bits per heavy atom. The number of aryl methyl sites for hydroxylation is 1. The Bertz CT molecular complexity index is 710. The second kappa shape index (κ2) is 8.82. The summed E-state index contributed by atoms with van der Waals surface area (Å²) >= 11 is 1.92. The van der Waals surface area contributed by atoms with Crippen molar-refractivity contribution in [3.8, 4) is 0 Å². The smallest absolute Gasteiger partial charge is 0.0736 e. The normalized spacial score (nSPS) is 22.5. The zero-order valence-corrected chi connectivity index (χ0v) is 17.0. The molecule has 2 aliphatic heterocycles. The number of thiophene rings is 1. The van der Waals surface area contributed by atoms with E-state index in [-0.39, 0.29) is 5.60 Å². The first-order valence-electron chi connectivity index (χ1n) is 10.1. The lowest BCUT2D eigenvalue weighted by atomic mass is 9.78. The highest BCUT2D eigenvalue weighted by atomic mass is 32.1. The predicted octanol–water partition coefficient (Wildman–Crippen LogP) is 4.43. The molecule has 1 atom stereocenters. The summed E-state index contributed by atoms with van der Waals surface area (Å²) in [6.07, 6.45) is 8.28. The second-order valence-electron chi connectivity index (χ2n) is 7.89. The van der Waals surface area contributed by atoms with Crippen LogP contribution in [0.2, 0.25) is 0 Å². The Labute approximate surface area is 166 Å². The molecule has 146 valence electrons. The molecule has 5 heteroatoms. The molecule has 2 saturated heterocycles. The summed E-state index contributed by atoms with van der Waals surface area (Å²) in [5, 5.41) is 0. The van der Waals surface area contributed by atoms with Crippen LogP contribution in [0.15, 0.2) is 36.7 Å². The maximum absolute atomic E-state index is 6.32. The van der Waals surface area contributed by atoms with Gasteiger partial charge in [0.2, 0.25) is 0 Å². The topological polar surface area (TPSA) is 34.6 Å². The molecular weight excluding hydrogens is 356 g/mol. The number of hydrogen-bond donors (Lipinski definition) is 0. The molecule has 4 heterocycles. The van der Waals surface area contributed by atoms with Crippen LogP contribution in [-0.2, 0) is 22.6 Å². The van der Waals surface area contributed by atoms with Crippen molar-refractivity contribution in [2.24, 2.45) is 5.92 Å². The minimum Gasteiger partial charge on any atom is -0.377 e. The van der Waals surface area contributed by atoms with Crippen LogP contribution in [0.5, 0.6) is 0 Å². The number of piperidine rings is 1. The zero-order chi connectivity index (χ0) is 18.5. The van der Waals surface area contributed by atoms with Crippen molar-refractivity contribution >= 4 is 11.3 Å². The molecule has 4 rings (SSSR count). The van der Waals surface area contributed by atoms with Gasteiger partial charge in [0.25, 0.3) is 0 Å². The predicted molar refractivity (Wildman–Crippen MR) is 109 cm³/mol. The van der Waals surface area contributed by atoms with Crippen LogP contribution < -0.4 is 0 Å². The number of hydrogen-bond acceptors (Lipinski definition) is 5. The molecule has 1 spiro atoms. The molecule has 0 saturated carbocycles. The van der Waals surface area contributed by atoms with Crippen LogP contribution in [0, 0.1) is 12.8 Å². The summed E-state index contributed by atoms with van der Waals surface area (Å²) in [7, 11) is 0. The van der Waals surface area contributed by atoms with Crippen LogP contribution >= 0.6 is 11.3 Å². The molecule has 0 unspecified atom stereocenters. The summed E-state index contributed by atoms with van der Waals surface area (Å²) in [4.78, 5) is 9.62. The van der Waals surface area contributed by atoms with Crippen molar-refractivity contribution < 1.29 is 9.47 Å². The van der Waals surface area contributed by atoms with E-state index in [0.29, 0.717) is 12.5 Å². The molecule has 0 bridgehead atoms. The number of aromatic nitrogens is 1. The lowest BCUT2D eigenvalue weighted by molar-refractivity contribution is -0.0732. The first kappa shape index (κ1) is 19.1. The molecule has 2 fully saturated rings. The van der Waals surface area contributed by atoms with Gasteiger partial charge in [-0.3, -0.25) is 9.88 Å². The Balaban J connectivity index is 1.23. The van der Waals surface area contributed by atoms with E-state index in [1.54, 1.807) is 6.20 Å². The summed E-state index contributed by atoms with van der Waals surface area (Å²) < 4.78 is 12.2. The molecule has 0 aliphatic carbocycles. The van der Waals surface area contributed by atoms with Gasteiger partial charge < -0.3 is 9.47 Å². The van der Waals surface area contributed by atoms with E-state index in [1.165, 1.54) is 16.2 Å². The summed E-state index contributed by atoms with van der Waals surface area (Å²) in [5.41, 5.74) is 1.24. The van der Waals surface area contributed by atoms with Crippen LogP contribution in [-0.4, -0.2) is 41.8 Å². The van der Waals surface area contributed by atoms with Crippen molar-refractivity contribution in [3.63, 3.8) is 0 Å². The fourth-order valence-corrected chi connectivity index (χ4v) is 5.46. The van der Waals surface area contributed by atoms with Crippen molar-refractivity contribution in [1.29, 1.82) is 0 Å². The highest BCUT2D eigenvalue weighted by Crippen LogP contribution is 2.42. The van der Waals surface area contributed by atoms with Crippen LogP contribution in [0.3, 0.4) is 0 Å². The number of pyridine rings is 1. The van der Waals surface area contributed by atoms with Gasteiger partial charge in [-0.25, -0.2) is 0 Å². The Morgan fingerprint density at radius 3 is 2.93 bits per heavy atom. The molecule has 2 aliphatic rings. The van der Waals surface area contributed by atoms with Gasteiger partial charge in [0.1, 0.15) is 0 Å². The fraction of sp³-hybridized carbons (Fsp3) is 0.591. The van der Waals surface area contributed by atoms with Crippen LogP contribution in [0.1, 0.15) is 41.0 Å². The molecule has 0 N–H and O–H groups in total. The molecule has 2 aromatic heterocycles. The maximum atomic E-state index is 6.32. The van der Waals surface area contributed by atoms with Crippen LogP contribution in [0.4, 0.5) is 0 Å². The number of rotatable bonds is 7. The third-order valence-electron chi connectivity index (χ3n) is 6.08. The van der Waals surface area contributed by atoms with E-state index in [1.807, 2.05) is 23.6 Å². The van der Waals surface area contributed by atoms with E-state index >= 15 is 0 Å². The zero-order valence-electron chi connectivity index (χ0n) is 16.2. The van der Waals surface area contributed by atoms with Crippen molar-refractivity contribution in [2.75, 3.05) is 26.3 Å². The van der Waals surface area contributed by atoms with E-state index in [9.17, 15) is 0 Å². The Kier molecular flexibility index (Phi) is 6.23.